The van der Waals surface area contributed by atoms with Crippen molar-refractivity contribution in [3.63, 3.8) is 0 Å². The summed E-state index contributed by atoms with van der Waals surface area (Å²) in [5.41, 5.74) is 6.55. The molecule has 1 saturated heterocycles. The fourth-order valence-corrected chi connectivity index (χ4v) is 7.88. The topological polar surface area (TPSA) is 98.9 Å². The lowest BCUT2D eigenvalue weighted by molar-refractivity contribution is -0.110. The fourth-order valence-electron chi connectivity index (χ4n) is 7.15. The van der Waals surface area contributed by atoms with E-state index in [-0.39, 0.29) is 18.0 Å². The van der Waals surface area contributed by atoms with Crippen LogP contribution in [0.4, 0.5) is 11.4 Å². The molecule has 4 aromatic carbocycles. The van der Waals surface area contributed by atoms with E-state index in [0.29, 0.717) is 69.6 Å². The zero-order valence-electron chi connectivity index (χ0n) is 31.0. The van der Waals surface area contributed by atoms with Crippen molar-refractivity contribution in [2.75, 3.05) is 43.6 Å². The Hall–Kier alpha value is -4.93. The van der Waals surface area contributed by atoms with Crippen molar-refractivity contribution in [1.82, 2.24) is 15.2 Å². The molecule has 2 amide bonds. The van der Waals surface area contributed by atoms with Gasteiger partial charge >= 0.3 is 0 Å². The van der Waals surface area contributed by atoms with Crippen LogP contribution in [0.2, 0.25) is 15.1 Å². The zero-order chi connectivity index (χ0) is 39.1. The number of hydrogen-bond acceptors (Lipinski definition) is 6. The van der Waals surface area contributed by atoms with Gasteiger partial charge in [0, 0.05) is 63.8 Å². The molecule has 0 saturated carbocycles. The third-order valence-electron chi connectivity index (χ3n) is 9.98. The zero-order valence-corrected chi connectivity index (χ0v) is 33.3. The van der Waals surface area contributed by atoms with Crippen molar-refractivity contribution in [2.24, 2.45) is 0 Å². The molecule has 1 aromatic heterocycles. The van der Waals surface area contributed by atoms with Gasteiger partial charge in [-0.3, -0.25) is 9.59 Å². The Morgan fingerprint density at radius 3 is 2.42 bits per heavy atom. The highest BCUT2D eigenvalue weighted by atomic mass is 35.5. The Bertz CT molecular complexity index is 2200. The number of nitrogens with one attached hydrogen (secondary N) is 3. The molecular weight excluding hydrogens is 757 g/mol. The molecule has 0 bridgehead atoms. The van der Waals surface area contributed by atoms with Gasteiger partial charge in [0.25, 0.3) is 5.91 Å². The van der Waals surface area contributed by atoms with Crippen LogP contribution in [0.15, 0.2) is 97.7 Å². The number of ether oxygens (including phenoxy) is 2. The molecule has 286 valence electrons. The first-order valence-electron chi connectivity index (χ1n) is 18.1. The second-order valence-corrected chi connectivity index (χ2v) is 14.6. The molecule has 0 radical (unpaired) electrons. The van der Waals surface area contributed by atoms with Gasteiger partial charge in [0.05, 0.1) is 29.7 Å². The van der Waals surface area contributed by atoms with Crippen LogP contribution in [0.25, 0.3) is 22.2 Å². The van der Waals surface area contributed by atoms with E-state index in [1.165, 1.54) is 0 Å². The molecule has 6 rings (SSSR count). The summed E-state index contributed by atoms with van der Waals surface area (Å²) in [4.78, 5) is 33.7. The van der Waals surface area contributed by atoms with Gasteiger partial charge in [0.15, 0.2) is 0 Å². The second kappa shape index (κ2) is 18.1. The molecule has 12 heteroatoms. The number of halogens is 3. The Morgan fingerprint density at radius 2 is 1.73 bits per heavy atom. The number of aromatic amines is 1. The minimum atomic E-state index is -0.366. The van der Waals surface area contributed by atoms with Crippen LogP contribution in [-0.4, -0.2) is 61.7 Å². The minimum absolute atomic E-state index is 0.0974. The minimum Gasteiger partial charge on any atom is -0.491 e. The van der Waals surface area contributed by atoms with Crippen LogP contribution in [0.1, 0.15) is 59.9 Å². The predicted molar refractivity (Wildman–Crippen MR) is 225 cm³/mol. The first kappa shape index (κ1) is 39.8. The maximum absolute atomic E-state index is 14.9. The second-order valence-electron chi connectivity index (χ2n) is 13.4. The number of aromatic nitrogens is 1. The van der Waals surface area contributed by atoms with Crippen molar-refractivity contribution in [2.45, 2.75) is 38.8 Å². The maximum atomic E-state index is 14.9. The standard InChI is InChI=1S/C43H44Cl3N5O4/c1-5-51(28(3)34-14-11-30(44)23-36(34)46)42(27(2)29-9-7-6-8-10-29)40-35-15-12-31(45)24-37(35)48-41(40)43(53)49-38-25-33(55-22-21-54-4)13-16-39(38)50-19-17-32(18-20-50)47-26-52/h5-16,23-26,28,32,48H,1,17-22H2,2-4H3,(H,47,52)(H,49,53)/b42-27+. The van der Waals surface area contributed by atoms with Gasteiger partial charge in [-0.25, -0.2) is 0 Å². The lowest BCUT2D eigenvalue weighted by Gasteiger charge is -2.34. The van der Waals surface area contributed by atoms with Gasteiger partial charge in [-0.2, -0.15) is 0 Å². The molecule has 1 atom stereocenters. The Balaban J connectivity index is 1.50. The van der Waals surface area contributed by atoms with Gasteiger partial charge < -0.3 is 34.9 Å². The van der Waals surface area contributed by atoms with Crippen LogP contribution < -0.4 is 20.3 Å². The lowest BCUT2D eigenvalue weighted by atomic mass is 9.95. The van der Waals surface area contributed by atoms with Crippen molar-refractivity contribution in [3.8, 4) is 5.75 Å². The van der Waals surface area contributed by atoms with E-state index in [2.05, 4.69) is 27.1 Å². The number of piperidine rings is 1. The highest BCUT2D eigenvalue weighted by Gasteiger charge is 2.30. The normalized spacial score (nSPS) is 14.3. The number of hydrogen-bond donors (Lipinski definition) is 3. The summed E-state index contributed by atoms with van der Waals surface area (Å²) in [6.45, 7) is 10.5. The van der Waals surface area contributed by atoms with Crippen molar-refractivity contribution >= 4 is 80.7 Å². The molecule has 0 spiro atoms. The number of allylic oxidation sites excluding steroid dienone is 1. The number of methoxy groups -OCH3 is 1. The van der Waals surface area contributed by atoms with Crippen LogP contribution in [0.5, 0.6) is 5.75 Å². The Labute approximate surface area is 336 Å². The summed E-state index contributed by atoms with van der Waals surface area (Å²) < 4.78 is 11.2. The first-order chi connectivity index (χ1) is 26.6. The predicted octanol–water partition coefficient (Wildman–Crippen LogP) is 10.2. The molecule has 2 heterocycles. The summed E-state index contributed by atoms with van der Waals surface area (Å²) >= 11 is 19.7. The number of nitrogens with zero attached hydrogens (tertiary/aromatic N) is 2. The van der Waals surface area contributed by atoms with Crippen molar-refractivity contribution in [1.29, 1.82) is 0 Å². The largest absolute Gasteiger partial charge is 0.491 e. The summed E-state index contributed by atoms with van der Waals surface area (Å²) in [5, 5.41) is 8.51. The van der Waals surface area contributed by atoms with Crippen molar-refractivity contribution in [3.05, 3.63) is 135 Å². The average molecular weight is 801 g/mol. The van der Waals surface area contributed by atoms with E-state index in [1.807, 2.05) is 97.6 Å². The molecule has 55 heavy (non-hydrogen) atoms. The number of benzene rings is 4. The molecule has 9 nitrogen and oxygen atoms in total. The van der Waals surface area contributed by atoms with Crippen LogP contribution in [-0.2, 0) is 9.53 Å². The SMILES string of the molecule is C=CN(/C(=C(\C)c1ccccc1)c1c(C(=O)Nc2cc(OCCOC)ccc2N2CCC(NC=O)CC2)[nH]c2cc(Cl)ccc12)C(C)c1ccc(Cl)cc1Cl. The summed E-state index contributed by atoms with van der Waals surface area (Å²) in [6, 6.07) is 26.5. The molecule has 1 unspecified atom stereocenters. The van der Waals surface area contributed by atoms with Crippen LogP contribution in [0.3, 0.4) is 0 Å². The lowest BCUT2D eigenvalue weighted by Crippen LogP contribution is -2.42. The average Bonchev–Trinajstić information content (AvgIpc) is 3.55. The van der Waals surface area contributed by atoms with Gasteiger partial charge in [-0.05, 0) is 86.0 Å². The monoisotopic (exact) mass is 799 g/mol. The number of rotatable bonds is 15. The molecule has 1 fully saturated rings. The van der Waals surface area contributed by atoms with E-state index in [4.69, 9.17) is 44.3 Å². The summed E-state index contributed by atoms with van der Waals surface area (Å²) in [6.07, 6.45) is 4.05. The Kier molecular flexibility index (Phi) is 13.1. The summed E-state index contributed by atoms with van der Waals surface area (Å²) in [7, 11) is 1.62. The smallest absolute Gasteiger partial charge is 0.272 e. The fraction of sp³-hybridized carbons (Fsp3) is 0.256. The maximum Gasteiger partial charge on any atom is 0.272 e. The van der Waals surface area contributed by atoms with E-state index in [1.54, 1.807) is 19.4 Å². The molecule has 0 aliphatic carbocycles. The van der Waals surface area contributed by atoms with Crippen molar-refractivity contribution < 1.29 is 19.1 Å². The molecule has 1 aliphatic heterocycles. The van der Waals surface area contributed by atoms with Gasteiger partial charge in [-0.1, -0.05) is 83.8 Å². The number of H-pyrrole nitrogens is 1. The number of carbonyl (C=O) groups is 2. The molecular formula is C43H44Cl3N5O4. The molecule has 5 aromatic rings. The molecule has 3 N–H and O–H groups in total. The third kappa shape index (κ3) is 8.97. The number of fused-ring (bicyclic) bond motifs is 1. The van der Waals surface area contributed by atoms with E-state index in [9.17, 15) is 9.59 Å². The van der Waals surface area contributed by atoms with Crippen LogP contribution >= 0.6 is 34.8 Å². The van der Waals surface area contributed by atoms with Gasteiger partial charge in [0.1, 0.15) is 18.1 Å². The highest BCUT2D eigenvalue weighted by molar-refractivity contribution is 6.35. The quantitative estimate of drug-likeness (QED) is 0.0721. The number of amides is 2. The van der Waals surface area contributed by atoms with Gasteiger partial charge in [0.2, 0.25) is 6.41 Å². The van der Waals surface area contributed by atoms with E-state index < -0.39 is 0 Å². The van der Waals surface area contributed by atoms with E-state index in [0.717, 1.165) is 52.7 Å². The Morgan fingerprint density at radius 1 is 1.00 bits per heavy atom. The van der Waals surface area contributed by atoms with Crippen LogP contribution in [0, 0.1) is 0 Å². The third-order valence-corrected chi connectivity index (χ3v) is 10.8. The van der Waals surface area contributed by atoms with Gasteiger partial charge in [-0.15, -0.1) is 0 Å². The van der Waals surface area contributed by atoms with E-state index >= 15 is 0 Å². The number of carbonyl (C=O) groups excluding carboxylic acids is 2. The highest BCUT2D eigenvalue weighted by Crippen LogP contribution is 2.43. The summed E-state index contributed by atoms with van der Waals surface area (Å²) in [5.74, 6) is 0.221. The number of anilines is 2. The first-order valence-corrected chi connectivity index (χ1v) is 19.2. The molecule has 1 aliphatic rings.